The molecule has 1 aliphatic carbocycles. The summed E-state index contributed by atoms with van der Waals surface area (Å²) in [6.07, 6.45) is 6.57. The lowest BCUT2D eigenvalue weighted by Crippen LogP contribution is -2.17. The maximum atomic E-state index is 12.0. The number of methoxy groups -OCH3 is 2. The van der Waals surface area contributed by atoms with Crippen LogP contribution in [0.4, 0.5) is 0 Å². The largest absolute Gasteiger partial charge is 0.469 e. The normalized spacial score (nSPS) is 20.4. The number of rotatable bonds is 6. The molecule has 0 N–H and O–H groups in total. The maximum Gasteiger partial charge on any atom is 0.339 e. The van der Waals surface area contributed by atoms with Crippen LogP contribution in [0.3, 0.4) is 0 Å². The zero-order chi connectivity index (χ0) is 19.1. The number of ether oxygens (including phenoxy) is 2. The summed E-state index contributed by atoms with van der Waals surface area (Å²) < 4.78 is 9.67. The van der Waals surface area contributed by atoms with Crippen molar-refractivity contribution in [2.75, 3.05) is 28.3 Å². The number of benzene rings is 1. The molecular weight excluding hydrogens is 330 g/mol. The van der Waals surface area contributed by atoms with Gasteiger partial charge in [-0.05, 0) is 48.6 Å². The summed E-state index contributed by atoms with van der Waals surface area (Å²) in [7, 11) is 6.60. The lowest BCUT2D eigenvalue weighted by Gasteiger charge is -2.28. The molecule has 2 rings (SSSR count). The van der Waals surface area contributed by atoms with Gasteiger partial charge in [-0.25, -0.2) is 4.79 Å². The van der Waals surface area contributed by atoms with Crippen molar-refractivity contribution in [2.45, 2.75) is 38.0 Å². The van der Waals surface area contributed by atoms with E-state index in [0.29, 0.717) is 23.8 Å². The van der Waals surface area contributed by atoms with Crippen molar-refractivity contribution >= 4 is 17.5 Å². The Bertz CT molecular complexity index is 640. The lowest BCUT2D eigenvalue weighted by molar-refractivity contribution is -0.142. The summed E-state index contributed by atoms with van der Waals surface area (Å²) in [6.45, 7) is 0. The molecule has 1 aromatic carbocycles. The van der Waals surface area contributed by atoms with Gasteiger partial charge in [-0.1, -0.05) is 24.3 Å². The van der Waals surface area contributed by atoms with Gasteiger partial charge in [0, 0.05) is 26.7 Å². The van der Waals surface area contributed by atoms with Crippen molar-refractivity contribution in [1.82, 2.24) is 4.90 Å². The summed E-state index contributed by atoms with van der Waals surface area (Å²) in [5, 5.41) is 0. The molecule has 0 unspecified atom stereocenters. The molecule has 5 heteroatoms. The van der Waals surface area contributed by atoms with Crippen molar-refractivity contribution in [3.8, 4) is 0 Å². The van der Waals surface area contributed by atoms with Crippen LogP contribution in [-0.4, -0.2) is 45.2 Å². The average molecular weight is 359 g/mol. The Morgan fingerprint density at radius 1 is 1.04 bits per heavy atom. The molecule has 5 nitrogen and oxygen atoms in total. The molecule has 0 heterocycles. The molecule has 0 saturated heterocycles. The van der Waals surface area contributed by atoms with Crippen LogP contribution in [0.5, 0.6) is 0 Å². The van der Waals surface area contributed by atoms with Crippen molar-refractivity contribution in [3.63, 3.8) is 0 Å². The topological polar surface area (TPSA) is 55.8 Å². The number of hydrogen-bond acceptors (Lipinski definition) is 5. The monoisotopic (exact) mass is 359 g/mol. The van der Waals surface area contributed by atoms with Crippen molar-refractivity contribution in [1.29, 1.82) is 0 Å². The highest BCUT2D eigenvalue weighted by Crippen LogP contribution is 2.37. The van der Waals surface area contributed by atoms with E-state index in [-0.39, 0.29) is 11.9 Å². The fourth-order valence-corrected chi connectivity index (χ4v) is 3.57. The minimum absolute atomic E-state index is 0.110. The van der Waals surface area contributed by atoms with Gasteiger partial charge in [-0.2, -0.15) is 0 Å². The van der Waals surface area contributed by atoms with Crippen LogP contribution >= 0.6 is 0 Å². The van der Waals surface area contributed by atoms with E-state index in [1.807, 2.05) is 31.1 Å². The Morgan fingerprint density at radius 3 is 2.15 bits per heavy atom. The Balaban J connectivity index is 2.03. The molecule has 1 saturated carbocycles. The molecule has 0 radical (unpaired) electrons. The van der Waals surface area contributed by atoms with Crippen LogP contribution < -0.4 is 0 Å². The third-order valence-corrected chi connectivity index (χ3v) is 5.02. The molecule has 0 atom stereocenters. The van der Waals surface area contributed by atoms with E-state index in [1.165, 1.54) is 19.8 Å². The lowest BCUT2D eigenvalue weighted by atomic mass is 9.77. The summed E-state index contributed by atoms with van der Waals surface area (Å²) >= 11 is 0. The van der Waals surface area contributed by atoms with Crippen LogP contribution in [-0.2, 0) is 19.1 Å². The number of esters is 2. The average Bonchev–Trinajstić information content (AvgIpc) is 2.66. The van der Waals surface area contributed by atoms with Gasteiger partial charge in [0.25, 0.3) is 0 Å². The Morgan fingerprint density at radius 2 is 1.65 bits per heavy atom. The van der Waals surface area contributed by atoms with E-state index in [1.54, 1.807) is 6.20 Å². The number of carbonyl (C=O) groups is 2. The molecule has 1 fully saturated rings. The summed E-state index contributed by atoms with van der Waals surface area (Å²) in [5.74, 6) is 0.500. The predicted molar refractivity (Wildman–Crippen MR) is 101 cm³/mol. The zero-order valence-corrected chi connectivity index (χ0v) is 16.2. The molecule has 142 valence electrons. The molecule has 0 aliphatic heterocycles. The van der Waals surface area contributed by atoms with Gasteiger partial charge in [0.15, 0.2) is 0 Å². The quantitative estimate of drug-likeness (QED) is 0.574. The van der Waals surface area contributed by atoms with E-state index >= 15 is 0 Å². The van der Waals surface area contributed by atoms with Crippen molar-refractivity contribution in [2.24, 2.45) is 5.92 Å². The molecular formula is C21H29NO4. The molecule has 26 heavy (non-hydrogen) atoms. The molecule has 0 amide bonds. The van der Waals surface area contributed by atoms with Crippen LogP contribution in [0, 0.1) is 5.92 Å². The fraction of sp³-hybridized carbons (Fsp3) is 0.524. The highest BCUT2D eigenvalue weighted by Gasteiger charge is 2.24. The SMILES string of the molecule is COC(=O)CC1CCC(c2ccc(C(=CN(C)C)C(=O)OC)cc2)CC1. The van der Waals surface area contributed by atoms with Gasteiger partial charge in [0.1, 0.15) is 0 Å². The van der Waals surface area contributed by atoms with Gasteiger partial charge < -0.3 is 14.4 Å². The zero-order valence-electron chi connectivity index (χ0n) is 16.2. The predicted octanol–water partition coefficient (Wildman–Crippen LogP) is 3.60. The first-order valence-corrected chi connectivity index (χ1v) is 9.08. The minimum atomic E-state index is -0.338. The van der Waals surface area contributed by atoms with Gasteiger partial charge >= 0.3 is 11.9 Å². The van der Waals surface area contributed by atoms with Crippen LogP contribution in [0.1, 0.15) is 49.1 Å². The first kappa shape index (κ1) is 20.0. The Kier molecular flexibility index (Phi) is 7.25. The van der Waals surface area contributed by atoms with E-state index in [9.17, 15) is 9.59 Å². The minimum Gasteiger partial charge on any atom is -0.469 e. The van der Waals surface area contributed by atoms with Crippen molar-refractivity contribution in [3.05, 3.63) is 41.6 Å². The highest BCUT2D eigenvalue weighted by atomic mass is 16.5. The molecule has 0 aromatic heterocycles. The van der Waals surface area contributed by atoms with Gasteiger partial charge in [-0.3, -0.25) is 4.79 Å². The highest BCUT2D eigenvalue weighted by molar-refractivity contribution is 6.16. The van der Waals surface area contributed by atoms with Crippen molar-refractivity contribution < 1.29 is 19.1 Å². The maximum absolute atomic E-state index is 12.0. The third kappa shape index (κ3) is 5.35. The second-order valence-corrected chi connectivity index (χ2v) is 7.12. The number of nitrogens with zero attached hydrogens (tertiary/aromatic N) is 1. The first-order valence-electron chi connectivity index (χ1n) is 9.08. The molecule has 1 aromatic rings. The number of carbonyl (C=O) groups excluding carboxylic acids is 2. The van der Waals surface area contributed by atoms with E-state index in [2.05, 4.69) is 12.1 Å². The summed E-state index contributed by atoms with van der Waals surface area (Å²) in [4.78, 5) is 25.3. The first-order chi connectivity index (χ1) is 12.4. The molecule has 0 bridgehead atoms. The van der Waals surface area contributed by atoms with Crippen LogP contribution in [0.2, 0.25) is 0 Å². The summed E-state index contributed by atoms with van der Waals surface area (Å²) in [6, 6.07) is 8.18. The van der Waals surface area contributed by atoms with E-state index in [4.69, 9.17) is 9.47 Å². The van der Waals surface area contributed by atoms with Gasteiger partial charge in [-0.15, -0.1) is 0 Å². The fourth-order valence-electron chi connectivity index (χ4n) is 3.57. The van der Waals surface area contributed by atoms with Gasteiger partial charge in [0.05, 0.1) is 19.8 Å². The number of hydrogen-bond donors (Lipinski definition) is 0. The Labute approximate surface area is 156 Å². The smallest absolute Gasteiger partial charge is 0.339 e. The summed E-state index contributed by atoms with van der Waals surface area (Å²) in [5.41, 5.74) is 2.69. The van der Waals surface area contributed by atoms with Crippen LogP contribution in [0.25, 0.3) is 5.57 Å². The van der Waals surface area contributed by atoms with E-state index < -0.39 is 0 Å². The standard InChI is InChI=1S/C21H29NO4/c1-22(2)14-19(21(24)26-4)18-11-9-17(10-12-18)16-7-5-15(6-8-16)13-20(23)25-3/h9-12,14-16H,5-8,13H2,1-4H3. The second kappa shape index (κ2) is 9.41. The second-order valence-electron chi connectivity index (χ2n) is 7.12. The third-order valence-electron chi connectivity index (χ3n) is 5.02. The van der Waals surface area contributed by atoms with Gasteiger partial charge in [0.2, 0.25) is 0 Å². The molecule has 1 aliphatic rings. The van der Waals surface area contributed by atoms with E-state index in [0.717, 1.165) is 31.2 Å². The van der Waals surface area contributed by atoms with Crippen LogP contribution in [0.15, 0.2) is 30.5 Å². The molecule has 0 spiro atoms. The Hall–Kier alpha value is -2.30.